The van der Waals surface area contributed by atoms with Gasteiger partial charge in [-0.25, -0.2) is 9.50 Å². The molecule has 0 atom stereocenters. The second kappa shape index (κ2) is 4.10. The summed E-state index contributed by atoms with van der Waals surface area (Å²) in [4.78, 5) is 16.5. The molecule has 0 aliphatic heterocycles. The summed E-state index contributed by atoms with van der Waals surface area (Å²) >= 11 is 1.68. The normalized spacial score (nSPS) is 10.8. The molecule has 0 bridgehead atoms. The van der Waals surface area contributed by atoms with Crippen LogP contribution < -0.4 is 0 Å². The van der Waals surface area contributed by atoms with Gasteiger partial charge in [-0.2, -0.15) is 5.10 Å². The number of aldehydes is 1. The highest BCUT2D eigenvalue weighted by Crippen LogP contribution is 2.13. The lowest BCUT2D eigenvalue weighted by molar-refractivity contribution is 0.111. The van der Waals surface area contributed by atoms with Crippen molar-refractivity contribution in [2.24, 2.45) is 0 Å². The number of thiophene rings is 1. The number of hydrogen-bond acceptors (Lipinski definition) is 4. The summed E-state index contributed by atoms with van der Waals surface area (Å²) in [5.74, 6) is 0.738. The van der Waals surface area contributed by atoms with Crippen LogP contribution in [0.15, 0.2) is 35.7 Å². The third-order valence-electron chi connectivity index (χ3n) is 2.47. The highest BCUT2D eigenvalue weighted by Gasteiger charge is 2.07. The fraction of sp³-hybridized carbons (Fsp3) is 0.0833. The third-order valence-corrected chi connectivity index (χ3v) is 3.34. The molecule has 5 heteroatoms. The molecule has 0 spiro atoms. The first-order chi connectivity index (χ1) is 8.36. The fourth-order valence-electron chi connectivity index (χ4n) is 1.70. The molecule has 3 heterocycles. The van der Waals surface area contributed by atoms with Crippen LogP contribution in [0.25, 0.3) is 5.65 Å². The second-order valence-electron chi connectivity index (χ2n) is 3.62. The van der Waals surface area contributed by atoms with E-state index in [1.807, 2.05) is 23.6 Å². The average molecular weight is 243 g/mol. The largest absolute Gasteiger partial charge is 0.296 e. The van der Waals surface area contributed by atoms with Crippen LogP contribution in [0.5, 0.6) is 0 Å². The summed E-state index contributed by atoms with van der Waals surface area (Å²) in [5.41, 5.74) is 1.23. The lowest BCUT2D eigenvalue weighted by Crippen LogP contribution is -1.96. The molecular weight excluding hydrogens is 234 g/mol. The van der Waals surface area contributed by atoms with Gasteiger partial charge in [-0.15, -0.1) is 11.3 Å². The molecule has 0 N–H and O–H groups in total. The summed E-state index contributed by atoms with van der Waals surface area (Å²) < 4.78 is 1.58. The van der Waals surface area contributed by atoms with E-state index in [0.29, 0.717) is 17.8 Å². The molecule has 4 nitrogen and oxygen atoms in total. The Morgan fingerprint density at radius 1 is 1.29 bits per heavy atom. The minimum atomic E-state index is 0.521. The maximum absolute atomic E-state index is 10.9. The molecule has 0 aliphatic carbocycles. The molecule has 3 rings (SSSR count). The van der Waals surface area contributed by atoms with Crippen LogP contribution in [-0.4, -0.2) is 20.9 Å². The molecule has 0 fully saturated rings. The van der Waals surface area contributed by atoms with Gasteiger partial charge in [-0.3, -0.25) is 4.79 Å². The van der Waals surface area contributed by atoms with Gasteiger partial charge in [0.25, 0.3) is 0 Å². The number of nitrogens with zero attached hydrogens (tertiary/aromatic N) is 3. The van der Waals surface area contributed by atoms with Crippen LogP contribution in [0, 0.1) is 0 Å². The van der Waals surface area contributed by atoms with Crippen LogP contribution in [0.4, 0.5) is 0 Å². The van der Waals surface area contributed by atoms with Gasteiger partial charge in [0.15, 0.2) is 17.8 Å². The smallest absolute Gasteiger partial charge is 0.168 e. The van der Waals surface area contributed by atoms with Crippen molar-refractivity contribution in [2.45, 2.75) is 6.42 Å². The Labute approximate surface area is 102 Å². The maximum atomic E-state index is 10.9. The zero-order chi connectivity index (χ0) is 11.7. The van der Waals surface area contributed by atoms with Gasteiger partial charge in [0.05, 0.1) is 0 Å². The Morgan fingerprint density at radius 3 is 3.00 bits per heavy atom. The van der Waals surface area contributed by atoms with Gasteiger partial charge < -0.3 is 0 Å². The maximum Gasteiger partial charge on any atom is 0.168 e. The average Bonchev–Trinajstić information content (AvgIpc) is 2.97. The third kappa shape index (κ3) is 1.85. The number of carbonyl (C=O) groups is 1. The quantitative estimate of drug-likeness (QED) is 0.662. The number of aromatic nitrogens is 3. The molecule has 17 heavy (non-hydrogen) atoms. The van der Waals surface area contributed by atoms with Crippen molar-refractivity contribution < 1.29 is 4.79 Å². The number of carbonyl (C=O) groups excluding carboxylic acids is 1. The highest BCUT2D eigenvalue weighted by molar-refractivity contribution is 7.09. The summed E-state index contributed by atoms with van der Waals surface area (Å²) in [6.07, 6.45) is 1.49. The van der Waals surface area contributed by atoms with Crippen LogP contribution in [0.1, 0.15) is 21.2 Å². The van der Waals surface area contributed by atoms with Gasteiger partial charge in [-0.05, 0) is 23.6 Å². The minimum Gasteiger partial charge on any atom is -0.296 e. The first-order valence-corrected chi connectivity index (χ1v) is 6.07. The molecule has 0 saturated heterocycles. The number of pyridine rings is 1. The van der Waals surface area contributed by atoms with Crippen molar-refractivity contribution in [1.82, 2.24) is 14.6 Å². The van der Waals surface area contributed by atoms with E-state index in [-0.39, 0.29) is 0 Å². The summed E-state index contributed by atoms with van der Waals surface area (Å²) in [6.45, 7) is 0. The molecule has 0 radical (unpaired) electrons. The van der Waals surface area contributed by atoms with Crippen LogP contribution in [0.3, 0.4) is 0 Å². The second-order valence-corrected chi connectivity index (χ2v) is 4.65. The van der Waals surface area contributed by atoms with Crippen molar-refractivity contribution in [3.63, 3.8) is 0 Å². The summed E-state index contributed by atoms with van der Waals surface area (Å²) in [5, 5.41) is 6.37. The predicted octanol–water partition coefficient (Wildman–Crippen LogP) is 2.19. The Balaban J connectivity index is 2.04. The Morgan fingerprint density at radius 2 is 2.24 bits per heavy atom. The van der Waals surface area contributed by atoms with Gasteiger partial charge >= 0.3 is 0 Å². The molecular formula is C12H9N3OS. The van der Waals surface area contributed by atoms with Crippen molar-refractivity contribution in [2.75, 3.05) is 0 Å². The van der Waals surface area contributed by atoms with Gasteiger partial charge in [0, 0.05) is 11.3 Å². The monoisotopic (exact) mass is 243 g/mol. The predicted molar refractivity (Wildman–Crippen MR) is 65.5 cm³/mol. The van der Waals surface area contributed by atoms with Crippen molar-refractivity contribution in [1.29, 1.82) is 0 Å². The van der Waals surface area contributed by atoms with E-state index in [2.05, 4.69) is 16.1 Å². The van der Waals surface area contributed by atoms with Crippen molar-refractivity contribution in [3.05, 3.63) is 52.1 Å². The SMILES string of the molecule is O=Cc1cccc2nc(Cc3cccs3)nn12. The van der Waals surface area contributed by atoms with Gasteiger partial charge in [-0.1, -0.05) is 12.1 Å². The molecule has 0 saturated carbocycles. The van der Waals surface area contributed by atoms with Crippen molar-refractivity contribution in [3.8, 4) is 0 Å². The standard InChI is InChI=1S/C12H9N3OS/c16-8-9-3-1-5-12-13-11(14-15(9)12)7-10-4-2-6-17-10/h1-6,8H,7H2. The molecule has 0 aliphatic rings. The zero-order valence-corrected chi connectivity index (χ0v) is 9.72. The number of rotatable bonds is 3. The summed E-state index contributed by atoms with van der Waals surface area (Å²) in [7, 11) is 0. The molecule has 84 valence electrons. The van der Waals surface area contributed by atoms with Crippen LogP contribution in [0.2, 0.25) is 0 Å². The van der Waals surface area contributed by atoms with E-state index in [1.165, 1.54) is 4.88 Å². The number of hydrogen-bond donors (Lipinski definition) is 0. The van der Waals surface area contributed by atoms with E-state index in [0.717, 1.165) is 12.1 Å². The number of fused-ring (bicyclic) bond motifs is 1. The summed E-state index contributed by atoms with van der Waals surface area (Å²) in [6, 6.07) is 9.44. The first kappa shape index (κ1) is 10.2. The molecule has 3 aromatic heterocycles. The Hall–Kier alpha value is -2.01. The zero-order valence-electron chi connectivity index (χ0n) is 8.91. The highest BCUT2D eigenvalue weighted by atomic mass is 32.1. The molecule has 3 aromatic rings. The van der Waals surface area contributed by atoms with E-state index in [1.54, 1.807) is 21.9 Å². The first-order valence-electron chi connectivity index (χ1n) is 5.19. The van der Waals surface area contributed by atoms with E-state index in [4.69, 9.17) is 0 Å². The van der Waals surface area contributed by atoms with Gasteiger partial charge in [0.2, 0.25) is 0 Å². The Bertz CT molecular complexity index is 658. The molecule has 0 aromatic carbocycles. The van der Waals surface area contributed by atoms with E-state index >= 15 is 0 Å². The Kier molecular flexibility index (Phi) is 2.45. The minimum absolute atomic E-state index is 0.521. The van der Waals surface area contributed by atoms with Gasteiger partial charge in [0.1, 0.15) is 5.69 Å². The fourth-order valence-corrected chi connectivity index (χ4v) is 2.40. The van der Waals surface area contributed by atoms with Crippen molar-refractivity contribution >= 4 is 23.3 Å². The van der Waals surface area contributed by atoms with E-state index < -0.39 is 0 Å². The van der Waals surface area contributed by atoms with Crippen LogP contribution in [-0.2, 0) is 6.42 Å². The lowest BCUT2D eigenvalue weighted by Gasteiger charge is -1.93. The topological polar surface area (TPSA) is 47.3 Å². The van der Waals surface area contributed by atoms with Crippen LogP contribution >= 0.6 is 11.3 Å². The van der Waals surface area contributed by atoms with E-state index in [9.17, 15) is 4.79 Å². The molecule has 0 amide bonds. The molecule has 0 unspecified atom stereocenters. The lowest BCUT2D eigenvalue weighted by atomic mass is 10.3.